The van der Waals surface area contributed by atoms with Gasteiger partial charge in [0.25, 0.3) is 0 Å². The second-order valence-corrected chi connectivity index (χ2v) is 6.98. The van der Waals surface area contributed by atoms with E-state index >= 15 is 0 Å². The number of hydrogen-bond donors (Lipinski definition) is 4. The highest BCUT2D eigenvalue weighted by Gasteiger charge is 1.97. The van der Waals surface area contributed by atoms with Crippen LogP contribution in [0.1, 0.15) is 97.8 Å². The smallest absolute Gasteiger partial charge is 0.330 e. The van der Waals surface area contributed by atoms with Crippen LogP contribution in [-0.4, -0.2) is 38.7 Å². The molecule has 166 valence electrons. The molecule has 0 aromatic rings. The van der Waals surface area contributed by atoms with Gasteiger partial charge in [-0.2, -0.15) is 0 Å². The molecule has 0 saturated heterocycles. The van der Waals surface area contributed by atoms with Gasteiger partial charge in [0, 0.05) is 11.1 Å². The van der Waals surface area contributed by atoms with Gasteiger partial charge < -0.3 is 20.4 Å². The first-order valence-electron chi connectivity index (χ1n) is 10.2. The molecule has 0 heterocycles. The first kappa shape index (κ1) is 31.0. The van der Waals surface area contributed by atoms with Gasteiger partial charge in [-0.3, -0.25) is 0 Å². The maximum Gasteiger partial charge on any atom is 0.330 e. The molecule has 28 heavy (non-hydrogen) atoms. The van der Waals surface area contributed by atoms with Crippen LogP contribution in [0.3, 0.4) is 0 Å². The van der Waals surface area contributed by atoms with Gasteiger partial charge in [-0.05, 0) is 26.7 Å². The highest BCUT2D eigenvalue weighted by atomic mass is 16.5. The zero-order valence-corrected chi connectivity index (χ0v) is 18.1. The molecule has 0 aromatic heterocycles. The molecular weight excluding hydrogens is 360 g/mol. The molecule has 0 radical (unpaired) electrons. The van der Waals surface area contributed by atoms with Crippen molar-refractivity contribution in [1.82, 2.24) is 0 Å². The van der Waals surface area contributed by atoms with Crippen molar-refractivity contribution in [2.24, 2.45) is 0 Å². The van der Waals surface area contributed by atoms with Crippen LogP contribution >= 0.6 is 0 Å². The Labute approximate surface area is 171 Å². The second kappa shape index (κ2) is 23.4. The van der Waals surface area contributed by atoms with Crippen LogP contribution in [0.5, 0.6) is 0 Å². The third kappa shape index (κ3) is 35.4. The van der Waals surface area contributed by atoms with Gasteiger partial charge in [0.15, 0.2) is 6.29 Å². The highest BCUT2D eigenvalue weighted by Crippen LogP contribution is 2.12. The topological polar surface area (TPSA) is 115 Å². The van der Waals surface area contributed by atoms with Gasteiger partial charge in [-0.25, -0.2) is 9.59 Å². The Kier molecular flexibility index (Phi) is 25.9. The third-order valence-corrected chi connectivity index (χ3v) is 3.80. The zero-order valence-electron chi connectivity index (χ0n) is 18.1. The summed E-state index contributed by atoms with van der Waals surface area (Å²) in [6.45, 7) is 11.5. The lowest BCUT2D eigenvalue weighted by Gasteiger charge is -2.03. The van der Waals surface area contributed by atoms with E-state index in [0.717, 1.165) is 12.8 Å². The standard InChI is InChI=1S/C14H30O2.2C4H6O2/c1-2-3-4-5-6-7-8-9-10-11-12-13-14(15)16;2*1-3(2)4(5)6/h14-16H,2-13H2,1H3;2*1H2,2H3,(H,5,6). The van der Waals surface area contributed by atoms with Gasteiger partial charge in [0.1, 0.15) is 0 Å². The zero-order chi connectivity index (χ0) is 22.4. The molecule has 0 bridgehead atoms. The van der Waals surface area contributed by atoms with E-state index in [2.05, 4.69) is 20.1 Å². The minimum Gasteiger partial charge on any atom is -0.478 e. The molecule has 0 atom stereocenters. The molecule has 6 nitrogen and oxygen atoms in total. The summed E-state index contributed by atoms with van der Waals surface area (Å²) in [7, 11) is 0. The SMILES string of the molecule is C=C(C)C(=O)O.C=C(C)C(=O)O.CCCCCCCCCCCCCC(O)O. The maximum atomic E-state index is 9.60. The number of aliphatic carboxylic acids is 2. The summed E-state index contributed by atoms with van der Waals surface area (Å²) in [4.78, 5) is 19.2. The van der Waals surface area contributed by atoms with E-state index in [1.54, 1.807) is 0 Å². The van der Waals surface area contributed by atoms with Crippen molar-refractivity contribution in [2.75, 3.05) is 0 Å². The minimum atomic E-state index is -1.10. The average molecular weight is 403 g/mol. The molecule has 0 aliphatic heterocycles. The van der Waals surface area contributed by atoms with Crippen LogP contribution in [-0.2, 0) is 9.59 Å². The molecule has 0 amide bonds. The van der Waals surface area contributed by atoms with Crippen LogP contribution in [0.15, 0.2) is 24.3 Å². The lowest BCUT2D eigenvalue weighted by molar-refractivity contribution is -0.133. The largest absolute Gasteiger partial charge is 0.478 e. The summed E-state index contributed by atoms with van der Waals surface area (Å²) < 4.78 is 0. The Balaban J connectivity index is -0.000000426. The lowest BCUT2D eigenvalue weighted by Crippen LogP contribution is -2.02. The summed E-state index contributed by atoms with van der Waals surface area (Å²) in [6.07, 6.45) is 13.8. The highest BCUT2D eigenvalue weighted by molar-refractivity contribution is 5.85. The van der Waals surface area contributed by atoms with Crippen molar-refractivity contribution < 1.29 is 30.0 Å². The minimum absolute atomic E-state index is 0.176. The molecule has 0 saturated carbocycles. The summed E-state index contributed by atoms with van der Waals surface area (Å²) in [6, 6.07) is 0. The third-order valence-electron chi connectivity index (χ3n) is 3.80. The Bertz CT molecular complexity index is 367. The van der Waals surface area contributed by atoms with E-state index in [-0.39, 0.29) is 11.1 Å². The summed E-state index contributed by atoms with van der Waals surface area (Å²) >= 11 is 0. The second-order valence-electron chi connectivity index (χ2n) is 6.98. The number of carboxylic acids is 2. The van der Waals surface area contributed by atoms with Crippen LogP contribution in [0.25, 0.3) is 0 Å². The normalized spacial score (nSPS) is 9.64. The van der Waals surface area contributed by atoms with E-state index in [1.165, 1.54) is 71.6 Å². The van der Waals surface area contributed by atoms with Crippen molar-refractivity contribution in [3.05, 3.63) is 24.3 Å². The fourth-order valence-electron chi connectivity index (χ4n) is 1.99. The van der Waals surface area contributed by atoms with Crippen molar-refractivity contribution in [3.8, 4) is 0 Å². The van der Waals surface area contributed by atoms with Gasteiger partial charge in [-0.15, -0.1) is 0 Å². The quantitative estimate of drug-likeness (QED) is 0.178. The summed E-state index contributed by atoms with van der Waals surface area (Å²) in [5, 5.41) is 33.1. The van der Waals surface area contributed by atoms with E-state index in [9.17, 15) is 9.59 Å². The number of aliphatic hydroxyl groups excluding tert-OH is 1. The van der Waals surface area contributed by atoms with Gasteiger partial charge in [-0.1, -0.05) is 84.3 Å². The maximum absolute atomic E-state index is 9.60. The van der Waals surface area contributed by atoms with Crippen LogP contribution in [0.4, 0.5) is 0 Å². The average Bonchev–Trinajstić information content (AvgIpc) is 2.60. The van der Waals surface area contributed by atoms with E-state index in [4.69, 9.17) is 20.4 Å². The number of carboxylic acid groups (broad SMARTS) is 2. The van der Waals surface area contributed by atoms with Crippen molar-refractivity contribution in [3.63, 3.8) is 0 Å². The number of aliphatic hydroxyl groups is 2. The fraction of sp³-hybridized carbons (Fsp3) is 0.727. The van der Waals surface area contributed by atoms with Crippen molar-refractivity contribution in [1.29, 1.82) is 0 Å². The monoisotopic (exact) mass is 402 g/mol. The fourth-order valence-corrected chi connectivity index (χ4v) is 1.99. The number of carbonyl (C=O) groups is 2. The predicted octanol–water partition coefficient (Wildman–Crippen LogP) is 5.29. The molecule has 4 N–H and O–H groups in total. The van der Waals surface area contributed by atoms with Crippen molar-refractivity contribution in [2.45, 2.75) is 104 Å². The molecule has 0 aliphatic carbocycles. The van der Waals surface area contributed by atoms with E-state index < -0.39 is 18.2 Å². The number of rotatable bonds is 14. The van der Waals surface area contributed by atoms with Gasteiger partial charge >= 0.3 is 11.9 Å². The molecular formula is C22H42O6. The molecule has 0 spiro atoms. The first-order chi connectivity index (χ1) is 13.1. The van der Waals surface area contributed by atoms with Crippen LogP contribution in [0.2, 0.25) is 0 Å². The number of unbranched alkanes of at least 4 members (excludes halogenated alkanes) is 10. The van der Waals surface area contributed by atoms with E-state index in [1.807, 2.05) is 0 Å². The molecule has 0 fully saturated rings. The molecule has 0 unspecified atom stereocenters. The molecule has 0 aromatic carbocycles. The van der Waals surface area contributed by atoms with Gasteiger partial charge in [0.2, 0.25) is 0 Å². The van der Waals surface area contributed by atoms with Crippen LogP contribution < -0.4 is 0 Å². The molecule has 0 aliphatic rings. The van der Waals surface area contributed by atoms with Crippen LogP contribution in [0, 0.1) is 0 Å². The Morgan fingerprint density at radius 2 is 0.929 bits per heavy atom. The Morgan fingerprint density at radius 3 is 1.14 bits per heavy atom. The Morgan fingerprint density at radius 1 is 0.679 bits per heavy atom. The Hall–Kier alpha value is -1.66. The van der Waals surface area contributed by atoms with E-state index in [0.29, 0.717) is 6.42 Å². The summed E-state index contributed by atoms with van der Waals surface area (Å²) in [5.41, 5.74) is 0.352. The first-order valence-corrected chi connectivity index (χ1v) is 10.2. The predicted molar refractivity (Wildman–Crippen MR) is 114 cm³/mol. The van der Waals surface area contributed by atoms with Gasteiger partial charge in [0.05, 0.1) is 0 Å². The molecule has 6 heteroatoms. The molecule has 0 rings (SSSR count). The summed E-state index contributed by atoms with van der Waals surface area (Å²) in [5.74, 6) is -1.87. The lowest BCUT2D eigenvalue weighted by atomic mass is 10.1. The van der Waals surface area contributed by atoms with Crippen molar-refractivity contribution >= 4 is 11.9 Å². The number of hydrogen-bond acceptors (Lipinski definition) is 4.